The lowest BCUT2D eigenvalue weighted by atomic mass is 10.6. The molecule has 1 heterocycles. The maximum absolute atomic E-state index is 10.4. The van der Waals surface area contributed by atoms with Crippen LogP contribution in [0.3, 0.4) is 0 Å². The van der Waals surface area contributed by atoms with Crippen molar-refractivity contribution in [3.63, 3.8) is 0 Å². The Balaban J connectivity index is 2.71. The lowest BCUT2D eigenvalue weighted by molar-refractivity contribution is -0.125. The molecule has 2 amide bonds. The molecule has 9 heavy (non-hydrogen) atoms. The van der Waals surface area contributed by atoms with E-state index in [1.807, 2.05) is 0 Å². The van der Waals surface area contributed by atoms with Gasteiger partial charge in [-0.15, -0.1) is 5.01 Å². The molecule has 1 rings (SSSR count). The number of hydrogen-bond donors (Lipinski definition) is 1. The average Bonchev–Trinajstić information content (AvgIpc) is 2.13. The van der Waals surface area contributed by atoms with Crippen LogP contribution >= 0.6 is 0 Å². The van der Waals surface area contributed by atoms with Crippen molar-refractivity contribution in [3.8, 4) is 0 Å². The number of hydrogen-bond acceptors (Lipinski definition) is 4. The SMILES string of the molecule is O=C(O)N1N=NCC1=O. The van der Waals surface area contributed by atoms with E-state index in [0.717, 1.165) is 0 Å². The van der Waals surface area contributed by atoms with Crippen LogP contribution in [0.2, 0.25) is 0 Å². The van der Waals surface area contributed by atoms with Gasteiger partial charge in [-0.2, -0.15) is 5.11 Å². The highest BCUT2D eigenvalue weighted by Gasteiger charge is 2.24. The molecule has 6 nitrogen and oxygen atoms in total. The zero-order chi connectivity index (χ0) is 6.85. The van der Waals surface area contributed by atoms with Gasteiger partial charge < -0.3 is 5.11 Å². The van der Waals surface area contributed by atoms with Gasteiger partial charge in [-0.1, -0.05) is 5.22 Å². The minimum Gasteiger partial charge on any atom is -0.463 e. The smallest absolute Gasteiger partial charge is 0.436 e. The highest BCUT2D eigenvalue weighted by Crippen LogP contribution is 2.00. The summed E-state index contributed by atoms with van der Waals surface area (Å²) in [6, 6.07) is 0. The van der Waals surface area contributed by atoms with E-state index in [0.29, 0.717) is 5.01 Å². The molecular formula is C3H3N3O3. The summed E-state index contributed by atoms with van der Waals surface area (Å²) >= 11 is 0. The summed E-state index contributed by atoms with van der Waals surface area (Å²) in [7, 11) is 0. The number of imide groups is 1. The largest absolute Gasteiger partial charge is 0.463 e. The number of carbonyl (C=O) groups excluding carboxylic acids is 1. The molecular weight excluding hydrogens is 126 g/mol. The number of amides is 2. The van der Waals surface area contributed by atoms with Crippen LogP contribution in [-0.2, 0) is 4.79 Å². The van der Waals surface area contributed by atoms with Gasteiger partial charge in [0.1, 0.15) is 6.54 Å². The third kappa shape index (κ3) is 0.857. The van der Waals surface area contributed by atoms with E-state index in [1.54, 1.807) is 0 Å². The molecule has 1 aliphatic rings. The Morgan fingerprint density at radius 2 is 2.44 bits per heavy atom. The Labute approximate surface area is 49.8 Å². The van der Waals surface area contributed by atoms with Crippen molar-refractivity contribution in [2.45, 2.75) is 0 Å². The lowest BCUT2D eigenvalue weighted by Gasteiger charge is -1.98. The van der Waals surface area contributed by atoms with Gasteiger partial charge in [0, 0.05) is 0 Å². The van der Waals surface area contributed by atoms with Gasteiger partial charge in [0.15, 0.2) is 0 Å². The minimum atomic E-state index is -1.39. The van der Waals surface area contributed by atoms with Crippen molar-refractivity contribution in [2.75, 3.05) is 6.54 Å². The molecule has 0 spiro atoms. The molecule has 48 valence electrons. The van der Waals surface area contributed by atoms with Crippen LogP contribution in [-0.4, -0.2) is 28.7 Å². The molecule has 1 N–H and O–H groups in total. The van der Waals surface area contributed by atoms with Gasteiger partial charge in [-0.25, -0.2) is 4.79 Å². The molecule has 1 aliphatic heterocycles. The van der Waals surface area contributed by atoms with Crippen LogP contribution in [0, 0.1) is 0 Å². The summed E-state index contributed by atoms with van der Waals surface area (Å²) in [6.45, 7) is -0.160. The highest BCUT2D eigenvalue weighted by atomic mass is 16.4. The second kappa shape index (κ2) is 1.81. The first-order valence-electron chi connectivity index (χ1n) is 2.15. The Morgan fingerprint density at radius 3 is 2.67 bits per heavy atom. The normalized spacial score (nSPS) is 16.9. The van der Waals surface area contributed by atoms with Crippen LogP contribution < -0.4 is 0 Å². The average molecular weight is 129 g/mol. The van der Waals surface area contributed by atoms with Crippen LogP contribution in [0.15, 0.2) is 10.3 Å². The molecule has 0 fully saturated rings. The zero-order valence-corrected chi connectivity index (χ0v) is 4.31. The van der Waals surface area contributed by atoms with Crippen molar-refractivity contribution in [3.05, 3.63) is 0 Å². The van der Waals surface area contributed by atoms with Gasteiger partial charge in [0.2, 0.25) is 0 Å². The van der Waals surface area contributed by atoms with Gasteiger partial charge in [-0.05, 0) is 0 Å². The van der Waals surface area contributed by atoms with Gasteiger partial charge in [0.05, 0.1) is 0 Å². The summed E-state index contributed by atoms with van der Waals surface area (Å²) in [6.07, 6.45) is -1.39. The fraction of sp³-hybridized carbons (Fsp3) is 0.333. The minimum absolute atomic E-state index is 0.160. The predicted octanol–water partition coefficient (Wildman–Crippen LogP) is -0.126. The van der Waals surface area contributed by atoms with E-state index in [2.05, 4.69) is 10.3 Å². The van der Waals surface area contributed by atoms with Crippen LogP contribution in [0.5, 0.6) is 0 Å². The topological polar surface area (TPSA) is 82.3 Å². The third-order valence-electron chi connectivity index (χ3n) is 0.776. The Bertz CT molecular complexity index is 187. The summed E-state index contributed by atoms with van der Waals surface area (Å²) in [5.41, 5.74) is 0. The van der Waals surface area contributed by atoms with Gasteiger partial charge >= 0.3 is 6.09 Å². The monoisotopic (exact) mass is 129 g/mol. The third-order valence-corrected chi connectivity index (χ3v) is 0.776. The predicted molar refractivity (Wildman–Crippen MR) is 24.6 cm³/mol. The molecule has 0 atom stereocenters. The number of carbonyl (C=O) groups is 2. The first-order valence-corrected chi connectivity index (χ1v) is 2.15. The van der Waals surface area contributed by atoms with E-state index in [4.69, 9.17) is 5.11 Å². The second-order valence-corrected chi connectivity index (χ2v) is 1.38. The molecule has 6 heteroatoms. The van der Waals surface area contributed by atoms with E-state index in [-0.39, 0.29) is 6.54 Å². The Morgan fingerprint density at radius 1 is 1.78 bits per heavy atom. The molecule has 0 unspecified atom stereocenters. The van der Waals surface area contributed by atoms with Crippen LogP contribution in [0.25, 0.3) is 0 Å². The Kier molecular flexibility index (Phi) is 1.14. The van der Waals surface area contributed by atoms with E-state index in [9.17, 15) is 9.59 Å². The summed E-state index contributed by atoms with van der Waals surface area (Å²) in [5.74, 6) is -0.609. The fourth-order valence-electron chi connectivity index (χ4n) is 0.417. The van der Waals surface area contributed by atoms with Crippen molar-refractivity contribution in [2.24, 2.45) is 10.3 Å². The van der Waals surface area contributed by atoms with Crippen LogP contribution in [0.1, 0.15) is 0 Å². The highest BCUT2D eigenvalue weighted by molar-refractivity contribution is 5.92. The Hall–Kier alpha value is -1.46. The van der Waals surface area contributed by atoms with Gasteiger partial charge in [0.25, 0.3) is 5.91 Å². The molecule has 0 aromatic heterocycles. The van der Waals surface area contributed by atoms with Crippen molar-refractivity contribution < 1.29 is 14.7 Å². The number of rotatable bonds is 0. The molecule has 0 bridgehead atoms. The zero-order valence-electron chi connectivity index (χ0n) is 4.31. The first-order chi connectivity index (χ1) is 4.22. The molecule has 0 saturated carbocycles. The van der Waals surface area contributed by atoms with E-state index < -0.39 is 12.0 Å². The van der Waals surface area contributed by atoms with E-state index >= 15 is 0 Å². The summed E-state index contributed by atoms with van der Waals surface area (Å²) in [5, 5.41) is 14.7. The van der Waals surface area contributed by atoms with Crippen molar-refractivity contribution >= 4 is 12.0 Å². The maximum atomic E-state index is 10.4. The maximum Gasteiger partial charge on any atom is 0.436 e. The van der Waals surface area contributed by atoms with Crippen molar-refractivity contribution in [1.29, 1.82) is 0 Å². The molecule has 0 aromatic carbocycles. The standard InChI is InChI=1S/C3H3N3O3/c7-2-1-4-5-6(2)3(8)9/h1H2,(H,8,9). The molecule has 0 aromatic rings. The van der Waals surface area contributed by atoms with E-state index in [1.165, 1.54) is 0 Å². The molecule has 0 radical (unpaired) electrons. The lowest BCUT2D eigenvalue weighted by Crippen LogP contribution is -2.27. The molecule has 0 saturated heterocycles. The second-order valence-electron chi connectivity index (χ2n) is 1.38. The fourth-order valence-corrected chi connectivity index (χ4v) is 0.417. The first kappa shape index (κ1) is 5.67. The van der Waals surface area contributed by atoms with Gasteiger partial charge in [-0.3, -0.25) is 4.79 Å². The van der Waals surface area contributed by atoms with Crippen LogP contribution in [0.4, 0.5) is 4.79 Å². The molecule has 0 aliphatic carbocycles. The number of carboxylic acid groups (broad SMARTS) is 1. The summed E-state index contributed by atoms with van der Waals surface area (Å²) < 4.78 is 0. The van der Waals surface area contributed by atoms with Crippen molar-refractivity contribution in [1.82, 2.24) is 5.01 Å². The summed E-state index contributed by atoms with van der Waals surface area (Å²) in [4.78, 5) is 20.3. The number of nitrogens with zero attached hydrogens (tertiary/aromatic N) is 3. The quantitative estimate of drug-likeness (QED) is 0.494.